The maximum atomic E-state index is 15.9. The summed E-state index contributed by atoms with van der Waals surface area (Å²) in [5.41, 5.74) is -4.79. The number of hydrogen-bond donors (Lipinski definition) is 0. The van der Waals surface area contributed by atoms with Crippen molar-refractivity contribution in [3.05, 3.63) is 70.3 Å². The van der Waals surface area contributed by atoms with Crippen molar-refractivity contribution < 1.29 is 54.8 Å². The summed E-state index contributed by atoms with van der Waals surface area (Å²) < 4.78 is 97.9. The number of nitrogens with zero attached hydrogens (tertiary/aromatic N) is 1. The zero-order valence-electron chi connectivity index (χ0n) is 30.7. The molecule has 0 aliphatic heterocycles. The smallest absolute Gasteiger partial charge is 0.476 e. The van der Waals surface area contributed by atoms with Crippen LogP contribution in [0.2, 0.25) is 5.02 Å². The maximum absolute atomic E-state index is 15.9. The lowest BCUT2D eigenvalue weighted by Gasteiger charge is -2.34. The third-order valence-electron chi connectivity index (χ3n) is 6.08. The van der Waals surface area contributed by atoms with Gasteiger partial charge in [0, 0.05) is 30.0 Å². The summed E-state index contributed by atoms with van der Waals surface area (Å²) in [4.78, 5) is 26.2. The Labute approximate surface area is 297 Å². The van der Waals surface area contributed by atoms with Gasteiger partial charge in [0.05, 0.1) is 35.2 Å². The molecular formula is C35H49ClF4NO8P. The zero-order chi connectivity index (χ0) is 38.9. The molecule has 0 bridgehead atoms. The summed E-state index contributed by atoms with van der Waals surface area (Å²) in [7, 11) is -2.82. The highest BCUT2D eigenvalue weighted by Gasteiger charge is 2.41. The first-order valence-corrected chi connectivity index (χ1v) is 17.6. The van der Waals surface area contributed by atoms with Crippen LogP contribution in [-0.2, 0) is 45.1 Å². The zero-order valence-corrected chi connectivity index (χ0v) is 32.3. The fourth-order valence-corrected chi connectivity index (χ4v) is 6.53. The fourth-order valence-electron chi connectivity index (χ4n) is 4.25. The molecule has 9 nitrogen and oxygen atoms in total. The number of rotatable bonds is 13. The summed E-state index contributed by atoms with van der Waals surface area (Å²) in [6.45, 7) is 17.1. The number of carbonyl (C=O) groups excluding carboxylic acids is 2. The van der Waals surface area contributed by atoms with Crippen molar-refractivity contribution in [3.63, 3.8) is 0 Å². The van der Waals surface area contributed by atoms with Gasteiger partial charge in [0.15, 0.2) is 6.73 Å². The Kier molecular flexibility index (Phi) is 16.2. The molecule has 0 aromatic heterocycles. The van der Waals surface area contributed by atoms with Crippen LogP contribution < -0.4 is 9.64 Å². The van der Waals surface area contributed by atoms with E-state index in [-0.39, 0.29) is 17.0 Å². The molecule has 282 valence electrons. The van der Waals surface area contributed by atoms with E-state index >= 15 is 4.39 Å². The van der Waals surface area contributed by atoms with Gasteiger partial charge >= 0.3 is 20.0 Å². The monoisotopic (exact) mass is 753 g/mol. The van der Waals surface area contributed by atoms with E-state index in [2.05, 4.69) is 0 Å². The molecule has 0 spiro atoms. The Morgan fingerprint density at radius 1 is 0.920 bits per heavy atom. The Hall–Kier alpha value is -2.96. The van der Waals surface area contributed by atoms with Crippen molar-refractivity contribution in [2.45, 2.75) is 112 Å². The number of halogens is 5. The summed E-state index contributed by atoms with van der Waals surface area (Å²) in [5, 5.41) is 0.288. The molecule has 0 N–H and O–H groups in total. The summed E-state index contributed by atoms with van der Waals surface area (Å²) in [5.74, 6) is -1.56. The number of methoxy groups -OCH3 is 1. The molecule has 0 heterocycles. The van der Waals surface area contributed by atoms with E-state index in [1.807, 2.05) is 13.8 Å². The van der Waals surface area contributed by atoms with Crippen LogP contribution in [0.1, 0.15) is 99.0 Å². The second-order valence-corrected chi connectivity index (χ2v) is 15.2. The molecule has 2 aromatic carbocycles. The molecular weight excluding hydrogens is 705 g/mol. The van der Waals surface area contributed by atoms with Crippen LogP contribution in [0.15, 0.2) is 48.6 Å². The largest absolute Gasteiger partial charge is 0.496 e. The lowest BCUT2D eigenvalue weighted by molar-refractivity contribution is -0.139. The highest BCUT2D eigenvalue weighted by Crippen LogP contribution is 2.58. The van der Waals surface area contributed by atoms with Gasteiger partial charge in [-0.1, -0.05) is 31.5 Å². The molecule has 0 saturated carbocycles. The average molecular weight is 754 g/mol. The van der Waals surface area contributed by atoms with E-state index in [1.54, 1.807) is 41.5 Å². The second kappa shape index (κ2) is 18.0. The molecule has 0 aliphatic rings. The van der Waals surface area contributed by atoms with Gasteiger partial charge in [-0.25, -0.2) is 13.8 Å². The number of alkyl halides is 4. The van der Waals surface area contributed by atoms with E-state index < -0.39 is 66.8 Å². The average Bonchev–Trinajstić information content (AvgIpc) is 2.94. The summed E-state index contributed by atoms with van der Waals surface area (Å²) in [6.07, 6.45) is -4.97. The molecule has 0 saturated heterocycles. The molecule has 50 heavy (non-hydrogen) atoms. The number of hydrogen-bond acceptors (Lipinski definition) is 8. The van der Waals surface area contributed by atoms with E-state index in [1.165, 1.54) is 45.2 Å². The van der Waals surface area contributed by atoms with Crippen molar-refractivity contribution in [2.24, 2.45) is 0 Å². The number of benzene rings is 2. The van der Waals surface area contributed by atoms with Crippen molar-refractivity contribution in [1.29, 1.82) is 0 Å². The molecule has 0 aliphatic carbocycles. The van der Waals surface area contributed by atoms with Crippen LogP contribution >= 0.6 is 19.4 Å². The lowest BCUT2D eigenvalue weighted by atomic mass is 9.98. The van der Waals surface area contributed by atoms with Crippen molar-refractivity contribution in [2.75, 3.05) is 18.7 Å². The topological polar surface area (TPSA) is 101 Å². The fraction of sp³-hybridized carbons (Fsp3) is 0.543. The summed E-state index contributed by atoms with van der Waals surface area (Å²) in [6, 6.07) is 6.75. The van der Waals surface area contributed by atoms with Crippen LogP contribution in [-0.4, -0.2) is 42.5 Å². The van der Waals surface area contributed by atoms with E-state index in [0.717, 1.165) is 19.1 Å². The molecule has 2 rings (SSSR count). The van der Waals surface area contributed by atoms with E-state index in [9.17, 15) is 27.3 Å². The predicted octanol–water partition coefficient (Wildman–Crippen LogP) is 10.6. The second-order valence-electron chi connectivity index (χ2n) is 13.3. The SMILES string of the molecule is CC.COc1ccc(Cl)cc1CC(F)c1ccc(C(F)(F)F)cc1N(COC(=O)/C=C/C(C)(C)OP(=O)(OC(C)(C)C)OC(C)(C)C)C(C)=O. The number of amides is 1. The number of phosphoric ester groups is 1. The van der Waals surface area contributed by atoms with Gasteiger partial charge in [-0.2, -0.15) is 13.2 Å². The van der Waals surface area contributed by atoms with Gasteiger partial charge < -0.3 is 9.47 Å². The van der Waals surface area contributed by atoms with E-state index in [4.69, 9.17) is 34.6 Å². The van der Waals surface area contributed by atoms with Crippen molar-refractivity contribution >= 4 is 37.0 Å². The van der Waals surface area contributed by atoms with Crippen molar-refractivity contribution in [1.82, 2.24) is 0 Å². The third kappa shape index (κ3) is 15.1. The van der Waals surface area contributed by atoms with Crippen LogP contribution in [0.4, 0.5) is 23.2 Å². The Balaban J connectivity index is 0.00000613. The minimum atomic E-state index is -4.82. The van der Waals surface area contributed by atoms with Crippen LogP contribution in [0.5, 0.6) is 5.75 Å². The quantitative estimate of drug-likeness (QED) is 0.0655. The highest BCUT2D eigenvalue weighted by molar-refractivity contribution is 7.48. The number of ether oxygens (including phenoxy) is 2. The van der Waals surface area contributed by atoms with Crippen LogP contribution in [0.25, 0.3) is 0 Å². The van der Waals surface area contributed by atoms with Crippen molar-refractivity contribution in [3.8, 4) is 5.75 Å². The number of anilines is 1. The molecule has 1 amide bonds. The first-order chi connectivity index (χ1) is 22.7. The van der Waals surface area contributed by atoms with Gasteiger partial charge in [0.1, 0.15) is 11.9 Å². The molecule has 15 heteroatoms. The molecule has 1 atom stereocenters. The van der Waals surface area contributed by atoms with Crippen LogP contribution in [0, 0.1) is 0 Å². The number of carbonyl (C=O) groups is 2. The lowest BCUT2D eigenvalue weighted by Crippen LogP contribution is -2.33. The minimum absolute atomic E-state index is 0.269. The molecule has 1 unspecified atom stereocenters. The Morgan fingerprint density at radius 3 is 1.96 bits per heavy atom. The Bertz CT molecular complexity index is 1510. The standard InChI is InChI=1S/C33H43ClF4NO8P.C2H6/c1-21(40)39(20-44-29(41)15-16-32(8,9)47-48(42,45-30(2,3)4)46-31(5,6)7)27-19-23(33(36,37)38)11-13-25(27)26(35)18-22-17-24(34)12-14-28(22)43-10;1-2/h11-17,19,26H,18,20H2,1-10H3;1-2H3/b16-15+;. The molecule has 0 fully saturated rings. The minimum Gasteiger partial charge on any atom is -0.496 e. The Morgan fingerprint density at radius 2 is 1.48 bits per heavy atom. The van der Waals surface area contributed by atoms with Gasteiger partial charge in [-0.15, -0.1) is 0 Å². The van der Waals surface area contributed by atoms with Gasteiger partial charge in [0.25, 0.3) is 0 Å². The predicted molar refractivity (Wildman–Crippen MR) is 186 cm³/mol. The normalized spacial score (nSPS) is 13.4. The van der Waals surface area contributed by atoms with E-state index in [0.29, 0.717) is 28.3 Å². The first kappa shape index (κ1) is 45.1. The molecule has 2 aromatic rings. The first-order valence-electron chi connectivity index (χ1n) is 15.8. The van der Waals surface area contributed by atoms with Gasteiger partial charge in [-0.05, 0) is 97.4 Å². The van der Waals surface area contributed by atoms with Crippen LogP contribution in [0.3, 0.4) is 0 Å². The summed E-state index contributed by atoms with van der Waals surface area (Å²) >= 11 is 6.06. The van der Waals surface area contributed by atoms with Gasteiger partial charge in [0.2, 0.25) is 5.91 Å². The maximum Gasteiger partial charge on any atom is 0.476 e. The number of phosphoric acid groups is 1. The molecule has 0 radical (unpaired) electrons. The third-order valence-corrected chi connectivity index (χ3v) is 8.55. The van der Waals surface area contributed by atoms with Gasteiger partial charge in [-0.3, -0.25) is 23.3 Å². The highest BCUT2D eigenvalue weighted by atomic mass is 35.5. The number of esters is 1.